The third kappa shape index (κ3) is 7.13. The van der Waals surface area contributed by atoms with E-state index in [0.717, 1.165) is 55.1 Å². The van der Waals surface area contributed by atoms with Gasteiger partial charge in [-0.3, -0.25) is 0 Å². The highest BCUT2D eigenvalue weighted by atomic mass is 35.5. The van der Waals surface area contributed by atoms with Crippen molar-refractivity contribution in [2.45, 2.75) is 64.4 Å². The van der Waals surface area contributed by atoms with Crippen molar-refractivity contribution >= 4 is 23.4 Å². The third-order valence-corrected chi connectivity index (χ3v) is 6.16. The van der Waals surface area contributed by atoms with Gasteiger partial charge in [-0.05, 0) is 81.0 Å². The van der Waals surface area contributed by atoms with Crippen LogP contribution in [0.5, 0.6) is 0 Å². The molecular weight excluding hydrogens is 384 g/mol. The van der Waals surface area contributed by atoms with Crippen molar-refractivity contribution in [3.8, 4) is 0 Å². The zero-order valence-electron chi connectivity index (χ0n) is 17.7. The highest BCUT2D eigenvalue weighted by Crippen LogP contribution is 2.30. The van der Waals surface area contributed by atoms with E-state index in [0.29, 0.717) is 12.5 Å². The topological polar surface area (TPSA) is 45.1 Å². The van der Waals surface area contributed by atoms with E-state index in [-0.39, 0.29) is 6.61 Å². The fourth-order valence-corrected chi connectivity index (χ4v) is 4.54. The van der Waals surface area contributed by atoms with Gasteiger partial charge < -0.3 is 14.8 Å². The van der Waals surface area contributed by atoms with Gasteiger partial charge in [-0.15, -0.1) is 0 Å². The summed E-state index contributed by atoms with van der Waals surface area (Å²) in [4.78, 5) is 8.02. The number of hydrogen-bond acceptors (Lipinski definition) is 4. The molecule has 1 saturated heterocycles. The summed E-state index contributed by atoms with van der Waals surface area (Å²) in [5.41, 5.74) is 3.48. The van der Waals surface area contributed by atoms with Gasteiger partial charge in [-0.25, -0.2) is 0 Å². The minimum atomic E-state index is -0.489. The maximum absolute atomic E-state index is 10.3. The minimum absolute atomic E-state index is 0.257. The first-order valence-electron chi connectivity index (χ1n) is 11.2. The van der Waals surface area contributed by atoms with E-state index < -0.39 is 6.10 Å². The molecule has 0 radical (unpaired) electrons. The third-order valence-electron chi connectivity index (χ3n) is 5.91. The number of aliphatic hydroxyl groups is 1. The van der Waals surface area contributed by atoms with Crippen molar-refractivity contribution < 1.29 is 9.94 Å². The Morgan fingerprint density at radius 1 is 1.21 bits per heavy atom. The number of allylic oxidation sites excluding steroid dienone is 1. The van der Waals surface area contributed by atoms with E-state index in [1.54, 1.807) is 0 Å². The molecule has 0 bridgehead atoms. The summed E-state index contributed by atoms with van der Waals surface area (Å²) in [6.45, 7) is 5.33. The SMILES string of the molecule is CCC[C@H]1CCCCC(=C\c2ccc(Cl)cc2)/C1=N/OC[C@H](O)CN1CCCC1. The molecule has 0 amide bonds. The number of β-amino-alcohol motifs (C(OH)–C–C–N with tert-alkyl or cyclic N) is 1. The number of oxime groups is 1. The average Bonchev–Trinajstić information content (AvgIpc) is 3.14. The molecule has 3 rings (SSSR count). The molecule has 5 heteroatoms. The molecule has 1 heterocycles. The van der Waals surface area contributed by atoms with Gasteiger partial charge in [-0.1, -0.05) is 48.7 Å². The molecule has 160 valence electrons. The summed E-state index contributed by atoms with van der Waals surface area (Å²) >= 11 is 6.04. The van der Waals surface area contributed by atoms with Crippen molar-refractivity contribution in [2.24, 2.45) is 11.1 Å². The lowest BCUT2D eigenvalue weighted by atomic mass is 9.90. The molecule has 1 aromatic carbocycles. The molecule has 0 unspecified atom stereocenters. The van der Waals surface area contributed by atoms with Crippen LogP contribution in [-0.2, 0) is 4.84 Å². The largest absolute Gasteiger partial charge is 0.393 e. The lowest BCUT2D eigenvalue weighted by molar-refractivity contribution is 0.0225. The second kappa shape index (κ2) is 11.7. The zero-order valence-corrected chi connectivity index (χ0v) is 18.4. The van der Waals surface area contributed by atoms with Crippen LogP contribution in [-0.4, -0.2) is 48.1 Å². The van der Waals surface area contributed by atoms with Crippen LogP contribution in [0.25, 0.3) is 6.08 Å². The normalized spacial score (nSPS) is 24.7. The van der Waals surface area contributed by atoms with Gasteiger partial charge in [0.15, 0.2) is 0 Å². The van der Waals surface area contributed by atoms with Crippen LogP contribution in [0.4, 0.5) is 0 Å². The van der Waals surface area contributed by atoms with E-state index in [9.17, 15) is 5.11 Å². The average molecular weight is 419 g/mol. The molecule has 29 heavy (non-hydrogen) atoms. The number of rotatable bonds is 8. The Kier molecular flexibility index (Phi) is 9.03. The van der Waals surface area contributed by atoms with Crippen molar-refractivity contribution in [3.63, 3.8) is 0 Å². The van der Waals surface area contributed by atoms with Crippen molar-refractivity contribution in [2.75, 3.05) is 26.2 Å². The first-order valence-corrected chi connectivity index (χ1v) is 11.6. The molecule has 1 aromatic rings. The fourth-order valence-electron chi connectivity index (χ4n) is 4.41. The molecule has 2 fully saturated rings. The summed E-state index contributed by atoms with van der Waals surface area (Å²) in [5.74, 6) is 0.428. The summed E-state index contributed by atoms with van der Waals surface area (Å²) in [5, 5.41) is 15.7. The van der Waals surface area contributed by atoms with E-state index in [4.69, 9.17) is 16.4 Å². The second-order valence-corrected chi connectivity index (χ2v) is 8.82. The molecule has 1 aliphatic heterocycles. The van der Waals surface area contributed by atoms with E-state index in [1.807, 2.05) is 24.3 Å². The van der Waals surface area contributed by atoms with Crippen LogP contribution in [0.15, 0.2) is 35.0 Å². The molecular formula is C24H35ClN2O2. The summed E-state index contributed by atoms with van der Waals surface area (Å²) in [7, 11) is 0. The van der Waals surface area contributed by atoms with Crippen LogP contribution in [0.3, 0.4) is 0 Å². The van der Waals surface area contributed by atoms with Crippen LogP contribution in [0, 0.1) is 5.92 Å². The standard InChI is InChI=1S/C24H35ClN2O2/c1-2-7-20-8-3-4-9-21(16-19-10-12-22(25)13-11-19)24(20)26-29-18-23(28)17-27-14-5-6-15-27/h10-13,16,20,23,28H,2-9,14-15,17-18H2,1H3/b21-16+,26-24+/t20-,23+/m0/s1. The molecule has 2 aliphatic rings. The van der Waals surface area contributed by atoms with Gasteiger partial charge in [0, 0.05) is 17.5 Å². The number of halogens is 1. The van der Waals surface area contributed by atoms with Gasteiger partial charge in [0.1, 0.15) is 12.7 Å². The molecule has 2 atom stereocenters. The van der Waals surface area contributed by atoms with Crippen LogP contribution in [0.1, 0.15) is 63.9 Å². The van der Waals surface area contributed by atoms with Gasteiger partial charge in [0.25, 0.3) is 0 Å². The molecule has 1 aliphatic carbocycles. The highest BCUT2D eigenvalue weighted by Gasteiger charge is 2.23. The Morgan fingerprint density at radius 2 is 1.97 bits per heavy atom. The van der Waals surface area contributed by atoms with Crippen LogP contribution >= 0.6 is 11.6 Å². The smallest absolute Gasteiger partial charge is 0.144 e. The van der Waals surface area contributed by atoms with Crippen molar-refractivity contribution in [1.82, 2.24) is 4.90 Å². The fraction of sp³-hybridized carbons (Fsp3) is 0.625. The number of benzene rings is 1. The summed E-state index contributed by atoms with van der Waals surface area (Å²) < 4.78 is 0. The number of nitrogens with zero attached hydrogens (tertiary/aromatic N) is 2. The Balaban J connectivity index is 1.71. The summed E-state index contributed by atoms with van der Waals surface area (Å²) in [6, 6.07) is 7.95. The van der Waals surface area contributed by atoms with Gasteiger partial charge in [0.05, 0.1) is 5.71 Å². The maximum atomic E-state index is 10.3. The first kappa shape index (κ1) is 22.3. The molecule has 1 N–H and O–H groups in total. The molecule has 1 saturated carbocycles. The van der Waals surface area contributed by atoms with Crippen molar-refractivity contribution in [3.05, 3.63) is 40.4 Å². The summed E-state index contributed by atoms with van der Waals surface area (Å²) in [6.07, 6.45) is 11.0. The molecule has 0 aromatic heterocycles. The first-order chi connectivity index (χ1) is 14.2. The second-order valence-electron chi connectivity index (χ2n) is 8.39. The minimum Gasteiger partial charge on any atom is -0.393 e. The number of aliphatic hydroxyl groups excluding tert-OH is 1. The predicted molar refractivity (Wildman–Crippen MR) is 121 cm³/mol. The maximum Gasteiger partial charge on any atom is 0.144 e. The van der Waals surface area contributed by atoms with Gasteiger partial charge in [-0.2, -0.15) is 0 Å². The Bertz CT molecular complexity index is 681. The van der Waals surface area contributed by atoms with Gasteiger partial charge >= 0.3 is 0 Å². The molecule has 4 nitrogen and oxygen atoms in total. The number of hydrogen-bond donors (Lipinski definition) is 1. The molecule has 0 spiro atoms. The van der Waals surface area contributed by atoms with E-state index in [2.05, 4.69) is 23.1 Å². The highest BCUT2D eigenvalue weighted by molar-refractivity contribution is 6.30. The lowest BCUT2D eigenvalue weighted by Crippen LogP contribution is -2.32. The van der Waals surface area contributed by atoms with E-state index >= 15 is 0 Å². The van der Waals surface area contributed by atoms with Crippen molar-refractivity contribution in [1.29, 1.82) is 0 Å². The van der Waals surface area contributed by atoms with Gasteiger partial charge in [0.2, 0.25) is 0 Å². The Labute approximate surface area is 180 Å². The number of likely N-dealkylation sites (tertiary alicyclic amines) is 1. The predicted octanol–water partition coefficient (Wildman–Crippen LogP) is 5.54. The Morgan fingerprint density at radius 3 is 2.69 bits per heavy atom. The van der Waals surface area contributed by atoms with Crippen LogP contribution < -0.4 is 0 Å². The monoisotopic (exact) mass is 418 g/mol. The zero-order chi connectivity index (χ0) is 20.5. The Hall–Kier alpha value is -1.36. The van der Waals surface area contributed by atoms with E-state index in [1.165, 1.54) is 31.3 Å². The quantitative estimate of drug-likeness (QED) is 0.445. The lowest BCUT2D eigenvalue weighted by Gasteiger charge is -2.20. The van der Waals surface area contributed by atoms with Crippen LogP contribution in [0.2, 0.25) is 5.02 Å².